The number of nitrogens with one attached hydrogen (secondary N) is 1. The Balaban J connectivity index is 1.65. The molecular formula is C21H24F2N4O2. The van der Waals surface area contributed by atoms with E-state index in [4.69, 9.17) is 9.26 Å². The molecule has 0 spiro atoms. The number of imidazole rings is 1. The minimum atomic E-state index is -2.77. The van der Waals surface area contributed by atoms with Crippen molar-refractivity contribution in [1.82, 2.24) is 20.0 Å². The summed E-state index contributed by atoms with van der Waals surface area (Å²) >= 11 is 0. The van der Waals surface area contributed by atoms with E-state index in [2.05, 4.69) is 15.5 Å². The van der Waals surface area contributed by atoms with Gasteiger partial charge in [-0.3, -0.25) is 0 Å². The molecule has 0 radical (unpaired) electrons. The predicted octanol–water partition coefficient (Wildman–Crippen LogP) is 4.47. The fourth-order valence-corrected chi connectivity index (χ4v) is 3.77. The molecule has 4 rings (SSSR count). The molecule has 0 bridgehead atoms. The molecule has 29 heavy (non-hydrogen) atoms. The molecule has 3 aromatic rings. The molecule has 0 amide bonds. The molecule has 6 nitrogen and oxygen atoms in total. The van der Waals surface area contributed by atoms with Crippen LogP contribution in [0.2, 0.25) is 0 Å². The molecule has 1 aliphatic carbocycles. The largest absolute Gasteiger partial charge is 0.495 e. The Morgan fingerprint density at radius 3 is 2.90 bits per heavy atom. The number of nitrogens with zero attached hydrogens (tertiary/aromatic N) is 3. The van der Waals surface area contributed by atoms with Gasteiger partial charge in [0.15, 0.2) is 5.76 Å². The van der Waals surface area contributed by atoms with E-state index in [0.29, 0.717) is 11.5 Å². The quantitative estimate of drug-likeness (QED) is 0.659. The molecule has 1 unspecified atom stereocenters. The second-order valence-electron chi connectivity index (χ2n) is 7.58. The minimum Gasteiger partial charge on any atom is -0.495 e. The van der Waals surface area contributed by atoms with Crippen LogP contribution < -0.4 is 10.1 Å². The topological polar surface area (TPSA) is 65.1 Å². The van der Waals surface area contributed by atoms with E-state index in [1.165, 1.54) is 0 Å². The molecule has 2 heterocycles. The Labute approximate surface area is 167 Å². The summed E-state index contributed by atoms with van der Waals surface area (Å²) in [5.41, 5.74) is 4.37. The average Bonchev–Trinajstić information content (AvgIpc) is 3.31. The van der Waals surface area contributed by atoms with Crippen LogP contribution in [0.1, 0.15) is 42.8 Å². The number of rotatable bonds is 6. The molecule has 2 aromatic heterocycles. The number of hydrogen-bond acceptors (Lipinski definition) is 5. The third kappa shape index (κ3) is 4.03. The zero-order chi connectivity index (χ0) is 20.6. The second kappa shape index (κ2) is 7.59. The Kier molecular flexibility index (Phi) is 5.12. The summed E-state index contributed by atoms with van der Waals surface area (Å²) in [6.07, 6.45) is 6.11. The van der Waals surface area contributed by atoms with Gasteiger partial charge in [0.1, 0.15) is 11.4 Å². The van der Waals surface area contributed by atoms with Gasteiger partial charge in [-0.25, -0.2) is 13.8 Å². The van der Waals surface area contributed by atoms with Gasteiger partial charge in [0, 0.05) is 24.2 Å². The average molecular weight is 402 g/mol. The van der Waals surface area contributed by atoms with Crippen LogP contribution in [-0.2, 0) is 6.42 Å². The highest BCUT2D eigenvalue weighted by atomic mass is 19.3. The van der Waals surface area contributed by atoms with Crippen LogP contribution in [0.15, 0.2) is 35.2 Å². The van der Waals surface area contributed by atoms with Crippen molar-refractivity contribution in [1.29, 1.82) is 0 Å². The lowest BCUT2D eigenvalue weighted by Gasteiger charge is -2.23. The maximum absolute atomic E-state index is 13.3. The van der Waals surface area contributed by atoms with Gasteiger partial charge >= 0.3 is 0 Å². The van der Waals surface area contributed by atoms with Gasteiger partial charge < -0.3 is 19.1 Å². The number of ether oxygens (including phenoxy) is 1. The Hall–Kier alpha value is -2.74. The zero-order valence-electron chi connectivity index (χ0n) is 16.7. The molecule has 0 fully saturated rings. The van der Waals surface area contributed by atoms with Gasteiger partial charge in [0.2, 0.25) is 0 Å². The van der Waals surface area contributed by atoms with Crippen LogP contribution >= 0.6 is 0 Å². The van der Waals surface area contributed by atoms with Gasteiger partial charge in [-0.2, -0.15) is 0 Å². The Morgan fingerprint density at radius 2 is 2.21 bits per heavy atom. The lowest BCUT2D eigenvalue weighted by Crippen LogP contribution is -2.34. The molecule has 0 saturated carbocycles. The van der Waals surface area contributed by atoms with Gasteiger partial charge in [-0.1, -0.05) is 11.2 Å². The summed E-state index contributed by atoms with van der Waals surface area (Å²) in [7, 11) is 1.62. The molecule has 1 aliphatic rings. The lowest BCUT2D eigenvalue weighted by atomic mass is 9.90. The number of halogens is 2. The normalized spacial score (nSPS) is 16.7. The summed E-state index contributed by atoms with van der Waals surface area (Å²) in [6.45, 7) is 2.45. The standard InChI is InChI=1S/C21H24F2N4O2/c1-13-10-27(12-25-13)17-8-7-14(9-18(17)28-3)19-15-5-4-6-16(20(15)29-26-19)24-11-21(2,22)23/h7-10,12,16,24H,4-6,11H2,1-3H3. The van der Waals surface area contributed by atoms with Crippen molar-refractivity contribution >= 4 is 0 Å². The lowest BCUT2D eigenvalue weighted by molar-refractivity contribution is 0.0183. The van der Waals surface area contributed by atoms with E-state index in [1.807, 2.05) is 35.9 Å². The number of alkyl halides is 2. The first kappa shape index (κ1) is 19.6. The summed E-state index contributed by atoms with van der Waals surface area (Å²) in [4.78, 5) is 4.26. The first-order valence-electron chi connectivity index (χ1n) is 9.65. The molecule has 1 atom stereocenters. The SMILES string of the molecule is COc1cc(-c2noc3c2CCCC3NCC(C)(F)F)ccc1-n1cnc(C)c1. The molecule has 0 aliphatic heterocycles. The summed E-state index contributed by atoms with van der Waals surface area (Å²) in [5.74, 6) is -1.42. The predicted molar refractivity (Wildman–Crippen MR) is 105 cm³/mol. The first-order valence-corrected chi connectivity index (χ1v) is 9.65. The highest BCUT2D eigenvalue weighted by Gasteiger charge is 2.31. The highest BCUT2D eigenvalue weighted by Crippen LogP contribution is 2.38. The minimum absolute atomic E-state index is 0.249. The van der Waals surface area contributed by atoms with Gasteiger partial charge in [-0.15, -0.1) is 0 Å². The van der Waals surface area contributed by atoms with Crippen molar-refractivity contribution in [3.05, 3.63) is 47.7 Å². The first-order chi connectivity index (χ1) is 13.9. The van der Waals surface area contributed by atoms with Crippen LogP contribution in [0.5, 0.6) is 5.75 Å². The Bertz CT molecular complexity index is 1010. The monoisotopic (exact) mass is 402 g/mol. The summed E-state index contributed by atoms with van der Waals surface area (Å²) < 4.78 is 39.6. The third-order valence-corrected chi connectivity index (χ3v) is 5.16. The maximum atomic E-state index is 13.3. The van der Waals surface area contributed by atoms with Crippen molar-refractivity contribution < 1.29 is 18.0 Å². The van der Waals surface area contributed by atoms with Crippen molar-refractivity contribution in [3.8, 4) is 22.7 Å². The molecule has 0 saturated heterocycles. The van der Waals surface area contributed by atoms with E-state index < -0.39 is 5.92 Å². The number of hydrogen-bond donors (Lipinski definition) is 1. The maximum Gasteiger partial charge on any atom is 0.257 e. The number of aryl methyl sites for hydroxylation is 1. The summed E-state index contributed by atoms with van der Waals surface area (Å²) in [6, 6.07) is 5.58. The van der Waals surface area contributed by atoms with E-state index in [-0.39, 0.29) is 12.6 Å². The Morgan fingerprint density at radius 1 is 1.38 bits per heavy atom. The number of benzene rings is 1. The third-order valence-electron chi connectivity index (χ3n) is 5.16. The van der Waals surface area contributed by atoms with Gasteiger partial charge in [-0.05, 0) is 38.3 Å². The van der Waals surface area contributed by atoms with Gasteiger partial charge in [0.05, 0.1) is 37.4 Å². The molecule has 8 heteroatoms. The number of methoxy groups -OCH3 is 1. The van der Waals surface area contributed by atoms with Crippen LogP contribution in [0.3, 0.4) is 0 Å². The van der Waals surface area contributed by atoms with Crippen LogP contribution in [0.25, 0.3) is 16.9 Å². The smallest absolute Gasteiger partial charge is 0.257 e. The molecule has 154 valence electrons. The van der Waals surface area contributed by atoms with E-state index >= 15 is 0 Å². The van der Waals surface area contributed by atoms with Crippen molar-refractivity contribution in [2.24, 2.45) is 0 Å². The van der Waals surface area contributed by atoms with Gasteiger partial charge in [0.25, 0.3) is 5.92 Å². The van der Waals surface area contributed by atoms with Crippen molar-refractivity contribution in [2.75, 3.05) is 13.7 Å². The zero-order valence-corrected chi connectivity index (χ0v) is 16.7. The molecule has 1 aromatic carbocycles. The van der Waals surface area contributed by atoms with E-state index in [0.717, 1.165) is 54.4 Å². The number of aromatic nitrogens is 3. The van der Waals surface area contributed by atoms with Crippen molar-refractivity contribution in [3.63, 3.8) is 0 Å². The molecule has 1 N–H and O–H groups in total. The van der Waals surface area contributed by atoms with E-state index in [9.17, 15) is 8.78 Å². The summed E-state index contributed by atoms with van der Waals surface area (Å²) in [5, 5.41) is 7.19. The van der Waals surface area contributed by atoms with E-state index in [1.54, 1.807) is 13.4 Å². The molecular weight excluding hydrogens is 378 g/mol. The van der Waals surface area contributed by atoms with Crippen LogP contribution in [0, 0.1) is 6.92 Å². The van der Waals surface area contributed by atoms with Crippen molar-refractivity contribution in [2.45, 2.75) is 45.1 Å². The fraction of sp³-hybridized carbons (Fsp3) is 0.429. The fourth-order valence-electron chi connectivity index (χ4n) is 3.77. The second-order valence-corrected chi connectivity index (χ2v) is 7.58. The highest BCUT2D eigenvalue weighted by molar-refractivity contribution is 5.68. The van der Waals surface area contributed by atoms with Crippen LogP contribution in [-0.4, -0.2) is 34.3 Å². The van der Waals surface area contributed by atoms with Crippen LogP contribution in [0.4, 0.5) is 8.78 Å². The number of fused-ring (bicyclic) bond motifs is 1.